The van der Waals surface area contributed by atoms with Crippen molar-refractivity contribution >= 4 is 5.97 Å². The molecule has 0 radical (unpaired) electrons. The predicted octanol–water partition coefficient (Wildman–Crippen LogP) is 1.86. The molecule has 0 bridgehead atoms. The Labute approximate surface area is 78.4 Å². The second-order valence-electron chi connectivity index (χ2n) is 4.38. The van der Waals surface area contributed by atoms with Gasteiger partial charge in [0, 0.05) is 18.9 Å². The van der Waals surface area contributed by atoms with Crippen LogP contribution in [0, 0.1) is 5.41 Å². The molecule has 1 saturated heterocycles. The first-order valence-corrected chi connectivity index (χ1v) is 4.89. The van der Waals surface area contributed by atoms with E-state index in [0.717, 1.165) is 19.3 Å². The number of fused-ring (bicyclic) bond motifs is 1. The number of ether oxygens (including phenoxy) is 2. The van der Waals surface area contributed by atoms with Gasteiger partial charge in [-0.3, -0.25) is 4.79 Å². The largest absolute Gasteiger partial charge is 0.432 e. The third-order valence-electron chi connectivity index (χ3n) is 3.55. The van der Waals surface area contributed by atoms with E-state index in [-0.39, 0.29) is 11.4 Å². The fraction of sp³-hybridized carbons (Fsp3) is 0.900. The number of rotatable bonds is 1. The summed E-state index contributed by atoms with van der Waals surface area (Å²) in [5.41, 5.74) is -0.0862. The van der Waals surface area contributed by atoms with E-state index in [4.69, 9.17) is 9.47 Å². The van der Waals surface area contributed by atoms with E-state index in [1.54, 1.807) is 7.11 Å². The number of methoxy groups -OCH3 is 1. The molecule has 0 aromatic heterocycles. The summed E-state index contributed by atoms with van der Waals surface area (Å²) >= 11 is 0. The molecule has 3 heteroatoms. The quantitative estimate of drug-likeness (QED) is 0.583. The topological polar surface area (TPSA) is 35.5 Å². The first-order chi connectivity index (χ1) is 6.12. The van der Waals surface area contributed by atoms with Crippen molar-refractivity contribution in [2.45, 2.75) is 44.8 Å². The Morgan fingerprint density at radius 1 is 1.38 bits per heavy atom. The molecule has 0 spiro atoms. The number of hydrogen-bond acceptors (Lipinski definition) is 3. The average molecular weight is 184 g/mol. The molecular weight excluding hydrogens is 168 g/mol. The number of carbonyl (C=O) groups excluding carboxylic acids is 1. The predicted molar refractivity (Wildman–Crippen MR) is 47.0 cm³/mol. The highest BCUT2D eigenvalue weighted by Gasteiger charge is 2.59. The monoisotopic (exact) mass is 184 g/mol. The molecule has 3 nitrogen and oxygen atoms in total. The Bertz CT molecular complexity index is 238. The number of carbonyl (C=O) groups is 1. The molecule has 1 aliphatic carbocycles. The highest BCUT2D eigenvalue weighted by molar-refractivity contribution is 5.73. The van der Waals surface area contributed by atoms with E-state index >= 15 is 0 Å². The molecular formula is C10H16O3. The average Bonchev–Trinajstić information content (AvgIpc) is 2.35. The lowest BCUT2D eigenvalue weighted by Gasteiger charge is -2.43. The van der Waals surface area contributed by atoms with Gasteiger partial charge in [-0.25, -0.2) is 0 Å². The summed E-state index contributed by atoms with van der Waals surface area (Å²) in [7, 11) is 1.64. The lowest BCUT2D eigenvalue weighted by Crippen LogP contribution is -2.47. The van der Waals surface area contributed by atoms with E-state index in [1.807, 2.05) is 0 Å². The summed E-state index contributed by atoms with van der Waals surface area (Å²) in [4.78, 5) is 11.3. The van der Waals surface area contributed by atoms with Crippen molar-refractivity contribution in [3.05, 3.63) is 0 Å². The van der Waals surface area contributed by atoms with Crippen LogP contribution in [0.5, 0.6) is 0 Å². The first-order valence-electron chi connectivity index (χ1n) is 4.89. The van der Waals surface area contributed by atoms with Crippen molar-refractivity contribution < 1.29 is 14.3 Å². The number of hydrogen-bond donors (Lipinski definition) is 0. The van der Waals surface area contributed by atoms with Gasteiger partial charge in [0.05, 0.1) is 6.42 Å². The van der Waals surface area contributed by atoms with Gasteiger partial charge in [-0.05, 0) is 12.8 Å². The molecule has 2 atom stereocenters. The van der Waals surface area contributed by atoms with Gasteiger partial charge in [-0.15, -0.1) is 0 Å². The van der Waals surface area contributed by atoms with Crippen molar-refractivity contribution in [2.75, 3.05) is 7.11 Å². The summed E-state index contributed by atoms with van der Waals surface area (Å²) in [5, 5.41) is 0. The molecule has 0 aromatic rings. The van der Waals surface area contributed by atoms with Crippen molar-refractivity contribution in [2.24, 2.45) is 5.41 Å². The van der Waals surface area contributed by atoms with Crippen LogP contribution in [0.25, 0.3) is 0 Å². The van der Waals surface area contributed by atoms with Gasteiger partial charge in [0.25, 0.3) is 0 Å². The lowest BCUT2D eigenvalue weighted by molar-refractivity contribution is -0.251. The molecule has 74 valence electrons. The molecule has 1 saturated carbocycles. The zero-order valence-corrected chi connectivity index (χ0v) is 8.26. The summed E-state index contributed by atoms with van der Waals surface area (Å²) in [6, 6.07) is 0. The second-order valence-corrected chi connectivity index (χ2v) is 4.38. The normalized spacial score (nSPS) is 44.3. The van der Waals surface area contributed by atoms with Crippen LogP contribution < -0.4 is 0 Å². The molecule has 13 heavy (non-hydrogen) atoms. The Morgan fingerprint density at radius 2 is 2.08 bits per heavy atom. The van der Waals surface area contributed by atoms with Crippen LogP contribution in [-0.2, 0) is 14.3 Å². The van der Waals surface area contributed by atoms with Gasteiger partial charge in [-0.2, -0.15) is 0 Å². The van der Waals surface area contributed by atoms with E-state index in [2.05, 4.69) is 6.92 Å². The fourth-order valence-corrected chi connectivity index (χ4v) is 2.69. The molecule has 2 rings (SSSR count). The Kier molecular flexibility index (Phi) is 1.88. The Hall–Kier alpha value is -0.570. The minimum absolute atomic E-state index is 0.0862. The zero-order valence-electron chi connectivity index (χ0n) is 8.26. The molecule has 2 aliphatic rings. The minimum Gasteiger partial charge on any atom is -0.432 e. The molecule has 2 fully saturated rings. The van der Waals surface area contributed by atoms with Crippen molar-refractivity contribution in [3.8, 4) is 0 Å². The van der Waals surface area contributed by atoms with Crippen molar-refractivity contribution in [1.29, 1.82) is 0 Å². The number of esters is 1. The Morgan fingerprint density at radius 3 is 2.69 bits per heavy atom. The van der Waals surface area contributed by atoms with Crippen molar-refractivity contribution in [3.63, 3.8) is 0 Å². The summed E-state index contributed by atoms with van der Waals surface area (Å²) < 4.78 is 10.8. The maximum Gasteiger partial charge on any atom is 0.309 e. The van der Waals surface area contributed by atoms with Crippen molar-refractivity contribution in [1.82, 2.24) is 0 Å². The highest BCUT2D eigenvalue weighted by atomic mass is 16.7. The van der Waals surface area contributed by atoms with Gasteiger partial charge < -0.3 is 9.47 Å². The zero-order chi connectivity index (χ0) is 9.53. The van der Waals surface area contributed by atoms with Gasteiger partial charge in [0.2, 0.25) is 5.79 Å². The third kappa shape index (κ3) is 1.10. The molecule has 0 amide bonds. The molecule has 0 N–H and O–H groups in total. The summed E-state index contributed by atoms with van der Waals surface area (Å²) in [6.07, 6.45) is 4.67. The fourth-order valence-electron chi connectivity index (χ4n) is 2.69. The Balaban J connectivity index is 2.32. The second kappa shape index (κ2) is 2.71. The smallest absolute Gasteiger partial charge is 0.309 e. The van der Waals surface area contributed by atoms with Gasteiger partial charge in [0.1, 0.15) is 0 Å². The maximum atomic E-state index is 11.3. The van der Waals surface area contributed by atoms with E-state index in [9.17, 15) is 4.79 Å². The molecule has 2 unspecified atom stereocenters. The van der Waals surface area contributed by atoms with Crippen LogP contribution in [0.4, 0.5) is 0 Å². The molecule has 1 heterocycles. The summed E-state index contributed by atoms with van der Waals surface area (Å²) in [6.45, 7) is 2.10. The van der Waals surface area contributed by atoms with E-state index < -0.39 is 5.79 Å². The summed E-state index contributed by atoms with van der Waals surface area (Å²) in [5.74, 6) is -0.714. The lowest BCUT2D eigenvalue weighted by atomic mass is 9.70. The van der Waals surface area contributed by atoms with Crippen LogP contribution in [0.2, 0.25) is 0 Å². The maximum absolute atomic E-state index is 11.3. The van der Waals surface area contributed by atoms with Crippen LogP contribution >= 0.6 is 0 Å². The highest BCUT2D eigenvalue weighted by Crippen LogP contribution is 2.53. The minimum atomic E-state index is -0.609. The van der Waals surface area contributed by atoms with Crippen LogP contribution in [0.1, 0.15) is 39.0 Å². The van der Waals surface area contributed by atoms with Gasteiger partial charge >= 0.3 is 5.97 Å². The first kappa shape index (κ1) is 9.00. The molecule has 1 aliphatic heterocycles. The van der Waals surface area contributed by atoms with Gasteiger partial charge in [-0.1, -0.05) is 13.3 Å². The van der Waals surface area contributed by atoms with E-state index in [0.29, 0.717) is 6.42 Å². The SMILES string of the molecule is COC12CCCCC1(C)CC(=O)O2. The van der Waals surface area contributed by atoms with Crippen LogP contribution in [0.15, 0.2) is 0 Å². The standard InChI is InChI=1S/C10H16O3/c1-9-5-3-4-6-10(9,12-2)13-8(11)7-9/h3-7H2,1-2H3. The van der Waals surface area contributed by atoms with Crippen LogP contribution in [-0.4, -0.2) is 18.9 Å². The third-order valence-corrected chi connectivity index (χ3v) is 3.55. The molecule has 0 aromatic carbocycles. The van der Waals surface area contributed by atoms with Gasteiger partial charge in [0.15, 0.2) is 0 Å². The van der Waals surface area contributed by atoms with E-state index in [1.165, 1.54) is 6.42 Å². The van der Waals surface area contributed by atoms with Crippen LogP contribution in [0.3, 0.4) is 0 Å².